The number of methoxy groups -OCH3 is 1. The Morgan fingerprint density at radius 3 is 2.58 bits per heavy atom. The van der Waals surface area contributed by atoms with Gasteiger partial charge in [-0.25, -0.2) is 4.79 Å². The van der Waals surface area contributed by atoms with Crippen molar-refractivity contribution in [1.82, 2.24) is 0 Å². The van der Waals surface area contributed by atoms with Crippen LogP contribution >= 0.6 is 15.9 Å². The van der Waals surface area contributed by atoms with Crippen LogP contribution in [-0.4, -0.2) is 19.0 Å². The zero-order chi connectivity index (χ0) is 13.8. The van der Waals surface area contributed by atoms with E-state index in [2.05, 4.69) is 26.0 Å². The van der Waals surface area contributed by atoms with Gasteiger partial charge in [0.15, 0.2) is 4.67 Å². The molecule has 0 spiro atoms. The number of hydrogen-bond donors (Lipinski definition) is 1. The maximum Gasteiger partial charge on any atom is 0.339 e. The van der Waals surface area contributed by atoms with E-state index in [-0.39, 0.29) is 11.5 Å². The van der Waals surface area contributed by atoms with Crippen LogP contribution in [0.15, 0.2) is 45.7 Å². The van der Waals surface area contributed by atoms with Crippen molar-refractivity contribution in [3.05, 3.63) is 52.4 Å². The summed E-state index contributed by atoms with van der Waals surface area (Å²) in [6, 6.07) is 8.13. The molecule has 2 aromatic rings. The molecule has 0 aliphatic rings. The molecule has 1 amide bonds. The minimum atomic E-state index is -0.512. The highest BCUT2D eigenvalue weighted by atomic mass is 79.9. The van der Waals surface area contributed by atoms with Crippen molar-refractivity contribution in [3.63, 3.8) is 0 Å². The van der Waals surface area contributed by atoms with Crippen molar-refractivity contribution in [2.75, 3.05) is 12.4 Å². The number of esters is 1. The lowest BCUT2D eigenvalue weighted by Crippen LogP contribution is -2.15. The molecule has 0 aliphatic heterocycles. The first-order valence-corrected chi connectivity index (χ1v) is 6.14. The predicted molar refractivity (Wildman–Crippen MR) is 72.1 cm³/mol. The minimum Gasteiger partial charge on any atom is -0.465 e. The van der Waals surface area contributed by atoms with Gasteiger partial charge in [0.1, 0.15) is 0 Å². The van der Waals surface area contributed by atoms with Gasteiger partial charge in [-0.3, -0.25) is 4.79 Å². The summed E-state index contributed by atoms with van der Waals surface area (Å²) in [5.74, 6) is -0.890. The Morgan fingerprint density at radius 2 is 1.95 bits per heavy atom. The molecule has 0 aliphatic carbocycles. The van der Waals surface area contributed by atoms with E-state index >= 15 is 0 Å². The van der Waals surface area contributed by atoms with Crippen LogP contribution in [0.5, 0.6) is 0 Å². The highest BCUT2D eigenvalue weighted by molar-refractivity contribution is 9.10. The molecule has 0 saturated heterocycles. The standard InChI is InChI=1S/C13H10BrNO4/c1-18-13(17)8-4-2-3-5-10(8)15-12(16)9-6-7-19-11(9)14/h2-7H,1H3,(H,15,16). The maximum absolute atomic E-state index is 12.0. The van der Waals surface area contributed by atoms with Crippen molar-refractivity contribution >= 4 is 33.5 Å². The van der Waals surface area contributed by atoms with Gasteiger partial charge in [-0.2, -0.15) is 0 Å². The Balaban J connectivity index is 2.27. The number of furan rings is 1. The number of amides is 1. The van der Waals surface area contributed by atoms with Crippen LogP contribution in [0.3, 0.4) is 0 Å². The van der Waals surface area contributed by atoms with Gasteiger partial charge in [-0.15, -0.1) is 0 Å². The highest BCUT2D eigenvalue weighted by Crippen LogP contribution is 2.21. The lowest BCUT2D eigenvalue weighted by atomic mass is 10.1. The normalized spacial score (nSPS) is 10.0. The Labute approximate surface area is 117 Å². The number of benzene rings is 1. The molecule has 1 aromatic carbocycles. The highest BCUT2D eigenvalue weighted by Gasteiger charge is 2.16. The van der Waals surface area contributed by atoms with Gasteiger partial charge >= 0.3 is 5.97 Å². The fourth-order valence-corrected chi connectivity index (χ4v) is 1.95. The summed E-state index contributed by atoms with van der Waals surface area (Å²) >= 11 is 3.12. The zero-order valence-electron chi connectivity index (χ0n) is 9.98. The van der Waals surface area contributed by atoms with Crippen LogP contribution in [0.4, 0.5) is 5.69 Å². The van der Waals surface area contributed by atoms with Crippen molar-refractivity contribution < 1.29 is 18.7 Å². The lowest BCUT2D eigenvalue weighted by molar-refractivity contribution is 0.0602. The average molecular weight is 324 g/mol. The molecule has 19 heavy (non-hydrogen) atoms. The number of carbonyl (C=O) groups is 2. The molecule has 6 heteroatoms. The van der Waals surface area contributed by atoms with E-state index in [0.29, 0.717) is 15.9 Å². The fourth-order valence-electron chi connectivity index (χ4n) is 1.53. The van der Waals surface area contributed by atoms with Crippen LogP contribution in [0, 0.1) is 0 Å². The number of nitrogens with one attached hydrogen (secondary N) is 1. The molecule has 0 bridgehead atoms. The second-order valence-electron chi connectivity index (χ2n) is 3.60. The second-order valence-corrected chi connectivity index (χ2v) is 4.32. The van der Waals surface area contributed by atoms with Crippen molar-refractivity contribution in [2.24, 2.45) is 0 Å². The van der Waals surface area contributed by atoms with Crippen LogP contribution in [0.25, 0.3) is 0 Å². The number of rotatable bonds is 3. The van der Waals surface area contributed by atoms with Crippen molar-refractivity contribution in [1.29, 1.82) is 0 Å². The number of hydrogen-bond acceptors (Lipinski definition) is 4. The first-order chi connectivity index (χ1) is 9.13. The van der Waals surface area contributed by atoms with Crippen LogP contribution in [0.2, 0.25) is 0 Å². The molecule has 0 radical (unpaired) electrons. The minimum absolute atomic E-state index is 0.290. The Morgan fingerprint density at radius 1 is 1.21 bits per heavy atom. The first kappa shape index (κ1) is 13.4. The summed E-state index contributed by atoms with van der Waals surface area (Å²) in [6.45, 7) is 0. The van der Waals surface area contributed by atoms with Gasteiger partial charge in [0.2, 0.25) is 0 Å². The molecule has 1 aromatic heterocycles. The van der Waals surface area contributed by atoms with Gasteiger partial charge in [0.05, 0.1) is 30.2 Å². The van der Waals surface area contributed by atoms with E-state index in [9.17, 15) is 9.59 Å². The van der Waals surface area contributed by atoms with E-state index in [1.165, 1.54) is 19.4 Å². The summed E-state index contributed by atoms with van der Waals surface area (Å²) in [5.41, 5.74) is 1.02. The zero-order valence-corrected chi connectivity index (χ0v) is 11.6. The monoisotopic (exact) mass is 323 g/mol. The molecule has 1 heterocycles. The number of anilines is 1. The molecule has 0 atom stereocenters. The Hall–Kier alpha value is -2.08. The third-order valence-corrected chi connectivity index (χ3v) is 3.06. The van der Waals surface area contributed by atoms with Gasteiger partial charge in [-0.05, 0) is 34.1 Å². The third-order valence-electron chi connectivity index (χ3n) is 2.44. The smallest absolute Gasteiger partial charge is 0.339 e. The van der Waals surface area contributed by atoms with E-state index < -0.39 is 5.97 Å². The SMILES string of the molecule is COC(=O)c1ccccc1NC(=O)c1ccoc1Br. The van der Waals surface area contributed by atoms with Crippen LogP contribution in [0.1, 0.15) is 20.7 Å². The van der Waals surface area contributed by atoms with Gasteiger partial charge in [0.25, 0.3) is 5.91 Å². The lowest BCUT2D eigenvalue weighted by Gasteiger charge is -2.08. The third kappa shape index (κ3) is 2.85. The number of para-hydroxylation sites is 1. The van der Waals surface area contributed by atoms with Gasteiger partial charge < -0.3 is 14.5 Å². The molecule has 2 rings (SSSR count). The molecule has 98 valence electrons. The second kappa shape index (κ2) is 5.71. The molecule has 0 unspecified atom stereocenters. The summed E-state index contributed by atoms with van der Waals surface area (Å²) in [6.07, 6.45) is 1.39. The molecular formula is C13H10BrNO4. The summed E-state index contributed by atoms with van der Waals surface area (Å²) in [7, 11) is 1.29. The van der Waals surface area contributed by atoms with Gasteiger partial charge in [0, 0.05) is 0 Å². The van der Waals surface area contributed by atoms with Crippen LogP contribution in [-0.2, 0) is 4.74 Å². The van der Waals surface area contributed by atoms with Gasteiger partial charge in [-0.1, -0.05) is 12.1 Å². The Kier molecular flexibility index (Phi) is 4.01. The molecular weight excluding hydrogens is 314 g/mol. The summed E-state index contributed by atoms with van der Waals surface area (Å²) in [4.78, 5) is 23.6. The number of ether oxygens (including phenoxy) is 1. The molecule has 5 nitrogen and oxygen atoms in total. The van der Waals surface area contributed by atoms with Crippen molar-refractivity contribution in [3.8, 4) is 0 Å². The predicted octanol–water partition coefficient (Wildman–Crippen LogP) is 3.08. The average Bonchev–Trinajstić information content (AvgIpc) is 2.85. The summed E-state index contributed by atoms with van der Waals surface area (Å²) < 4.78 is 9.98. The van der Waals surface area contributed by atoms with Crippen LogP contribution < -0.4 is 5.32 Å². The molecule has 1 N–H and O–H groups in total. The van der Waals surface area contributed by atoms with E-state index in [4.69, 9.17) is 4.42 Å². The molecule has 0 fully saturated rings. The number of carbonyl (C=O) groups excluding carboxylic acids is 2. The quantitative estimate of drug-likeness (QED) is 0.881. The molecule has 0 saturated carbocycles. The first-order valence-electron chi connectivity index (χ1n) is 5.35. The maximum atomic E-state index is 12.0. The largest absolute Gasteiger partial charge is 0.465 e. The Bertz CT molecular complexity index is 621. The fraction of sp³-hybridized carbons (Fsp3) is 0.0769. The topological polar surface area (TPSA) is 68.5 Å². The van der Waals surface area contributed by atoms with Crippen molar-refractivity contribution in [2.45, 2.75) is 0 Å². The van der Waals surface area contributed by atoms with E-state index in [1.54, 1.807) is 24.3 Å². The van der Waals surface area contributed by atoms with E-state index in [1.807, 2.05) is 0 Å². The van der Waals surface area contributed by atoms with E-state index in [0.717, 1.165) is 0 Å². The number of halogens is 1. The summed E-state index contributed by atoms with van der Waals surface area (Å²) in [5, 5.41) is 2.64.